The van der Waals surface area contributed by atoms with Gasteiger partial charge in [-0.15, -0.1) is 0 Å². The van der Waals surface area contributed by atoms with Crippen molar-refractivity contribution in [3.8, 4) is 5.69 Å². The van der Waals surface area contributed by atoms with Gasteiger partial charge in [0.05, 0.1) is 11.4 Å². The van der Waals surface area contributed by atoms with Crippen LogP contribution in [0.5, 0.6) is 0 Å². The van der Waals surface area contributed by atoms with Crippen LogP contribution in [0.4, 0.5) is 5.69 Å². The molecule has 0 saturated heterocycles. The molecule has 0 unspecified atom stereocenters. The molecule has 1 amide bonds. The highest BCUT2D eigenvalue weighted by atomic mass is 16.1. The Kier molecular flexibility index (Phi) is 4.48. The summed E-state index contributed by atoms with van der Waals surface area (Å²) in [4.78, 5) is 12.5. The van der Waals surface area contributed by atoms with Crippen LogP contribution in [0.1, 0.15) is 30.7 Å². The fourth-order valence-electron chi connectivity index (χ4n) is 3.50. The van der Waals surface area contributed by atoms with Crippen LogP contribution in [0.2, 0.25) is 0 Å². The van der Waals surface area contributed by atoms with Crippen molar-refractivity contribution in [2.45, 2.75) is 33.1 Å². The van der Waals surface area contributed by atoms with Crippen molar-refractivity contribution < 1.29 is 4.79 Å². The molecule has 0 radical (unpaired) electrons. The van der Waals surface area contributed by atoms with Gasteiger partial charge in [-0.2, -0.15) is 5.10 Å². The number of carbonyl (C=O) groups excluding carboxylic acids is 1. The molecule has 1 aromatic carbocycles. The number of nitrogens with zero attached hydrogens (tertiary/aromatic N) is 2. The highest BCUT2D eigenvalue weighted by Gasteiger charge is 2.31. The molecule has 3 N–H and O–H groups in total. The topological polar surface area (TPSA) is 72.9 Å². The Morgan fingerprint density at radius 2 is 2.17 bits per heavy atom. The summed E-state index contributed by atoms with van der Waals surface area (Å²) in [6.07, 6.45) is 3.08. The zero-order chi connectivity index (χ0) is 16.4. The second kappa shape index (κ2) is 6.54. The quantitative estimate of drug-likeness (QED) is 0.912. The van der Waals surface area contributed by atoms with Gasteiger partial charge in [0, 0.05) is 17.3 Å². The molecule has 1 saturated carbocycles. The van der Waals surface area contributed by atoms with E-state index in [2.05, 4.69) is 10.4 Å². The minimum Gasteiger partial charge on any atom is -0.330 e. The summed E-state index contributed by atoms with van der Waals surface area (Å²) in [6.45, 7) is 4.59. The summed E-state index contributed by atoms with van der Waals surface area (Å²) in [5, 5.41) is 7.54. The normalized spacial score (nSPS) is 20.7. The lowest BCUT2D eigenvalue weighted by Gasteiger charge is -2.17. The number of carbonyl (C=O) groups is 1. The first-order valence-corrected chi connectivity index (χ1v) is 8.23. The molecular formula is C18H24N4O. The van der Waals surface area contributed by atoms with Crippen molar-refractivity contribution in [2.24, 2.45) is 17.6 Å². The zero-order valence-electron chi connectivity index (χ0n) is 13.7. The van der Waals surface area contributed by atoms with Gasteiger partial charge in [0.25, 0.3) is 0 Å². The molecule has 2 aromatic rings. The standard InChI is InChI=1S/C18H24N4O/c1-12-9-13(2)22(21-12)16-7-4-6-15(10-16)20-18(23)17-8-3-5-14(17)11-19/h4,6-7,9-10,14,17H,3,5,8,11,19H2,1-2H3,(H,20,23)/t14-,17-/m1/s1. The predicted molar refractivity (Wildman–Crippen MR) is 91.6 cm³/mol. The van der Waals surface area contributed by atoms with Gasteiger partial charge in [-0.3, -0.25) is 4.79 Å². The summed E-state index contributed by atoms with van der Waals surface area (Å²) in [5.41, 5.74) is 9.60. The fraction of sp³-hybridized carbons (Fsp3) is 0.444. The number of aryl methyl sites for hydroxylation is 2. The van der Waals surface area contributed by atoms with E-state index in [1.165, 1.54) is 0 Å². The van der Waals surface area contributed by atoms with Crippen LogP contribution >= 0.6 is 0 Å². The second-order valence-electron chi connectivity index (χ2n) is 6.41. The minimum absolute atomic E-state index is 0.0392. The lowest BCUT2D eigenvalue weighted by atomic mass is 9.95. The first-order valence-electron chi connectivity index (χ1n) is 8.23. The van der Waals surface area contributed by atoms with Crippen LogP contribution < -0.4 is 11.1 Å². The number of amides is 1. The summed E-state index contributed by atoms with van der Waals surface area (Å²) >= 11 is 0. The highest BCUT2D eigenvalue weighted by molar-refractivity contribution is 5.93. The van der Waals surface area contributed by atoms with E-state index in [0.29, 0.717) is 12.5 Å². The smallest absolute Gasteiger partial charge is 0.227 e. The molecule has 0 aliphatic heterocycles. The molecule has 1 aliphatic rings. The molecule has 3 rings (SSSR count). The largest absolute Gasteiger partial charge is 0.330 e. The number of aromatic nitrogens is 2. The lowest BCUT2D eigenvalue weighted by Crippen LogP contribution is -2.29. The third-order valence-corrected chi connectivity index (χ3v) is 4.67. The predicted octanol–water partition coefficient (Wildman–Crippen LogP) is 2.80. The summed E-state index contributed by atoms with van der Waals surface area (Å²) in [7, 11) is 0. The molecule has 23 heavy (non-hydrogen) atoms. The average Bonchev–Trinajstić information content (AvgIpc) is 3.13. The van der Waals surface area contributed by atoms with Crippen LogP contribution in [0.25, 0.3) is 5.69 Å². The number of hydrogen-bond donors (Lipinski definition) is 2. The van der Waals surface area contributed by atoms with Crippen molar-refractivity contribution in [3.63, 3.8) is 0 Å². The van der Waals surface area contributed by atoms with Gasteiger partial charge in [0.1, 0.15) is 0 Å². The molecule has 5 heteroatoms. The van der Waals surface area contributed by atoms with Gasteiger partial charge >= 0.3 is 0 Å². The highest BCUT2D eigenvalue weighted by Crippen LogP contribution is 2.32. The third kappa shape index (κ3) is 3.29. The molecule has 1 fully saturated rings. The molecule has 0 bridgehead atoms. The molecule has 122 valence electrons. The van der Waals surface area contributed by atoms with Gasteiger partial charge in [0.15, 0.2) is 0 Å². The molecule has 2 atom stereocenters. The van der Waals surface area contributed by atoms with E-state index in [4.69, 9.17) is 5.73 Å². The number of anilines is 1. The van der Waals surface area contributed by atoms with Gasteiger partial charge in [-0.1, -0.05) is 12.5 Å². The molecular weight excluding hydrogens is 288 g/mol. The van der Waals surface area contributed by atoms with Crippen LogP contribution in [-0.2, 0) is 4.79 Å². The molecule has 1 heterocycles. The Hall–Kier alpha value is -2.14. The van der Waals surface area contributed by atoms with Crippen molar-refractivity contribution in [3.05, 3.63) is 41.7 Å². The maximum absolute atomic E-state index is 12.5. The van der Waals surface area contributed by atoms with Gasteiger partial charge < -0.3 is 11.1 Å². The van der Waals surface area contributed by atoms with Gasteiger partial charge in [0.2, 0.25) is 5.91 Å². The van der Waals surface area contributed by atoms with E-state index < -0.39 is 0 Å². The fourth-order valence-corrected chi connectivity index (χ4v) is 3.50. The SMILES string of the molecule is Cc1cc(C)n(-c2cccc(NC(=O)[C@@H]3CCC[C@@H]3CN)c2)n1. The molecule has 5 nitrogen and oxygen atoms in total. The summed E-state index contributed by atoms with van der Waals surface area (Å²) in [5.74, 6) is 0.440. The Morgan fingerprint density at radius 3 is 2.87 bits per heavy atom. The molecule has 1 aliphatic carbocycles. The number of hydrogen-bond acceptors (Lipinski definition) is 3. The van der Waals surface area contributed by atoms with Crippen LogP contribution in [-0.4, -0.2) is 22.2 Å². The first kappa shape index (κ1) is 15.7. The van der Waals surface area contributed by atoms with Gasteiger partial charge in [-0.25, -0.2) is 4.68 Å². The van der Waals surface area contributed by atoms with E-state index >= 15 is 0 Å². The monoisotopic (exact) mass is 312 g/mol. The first-order chi connectivity index (χ1) is 11.1. The maximum Gasteiger partial charge on any atom is 0.227 e. The van der Waals surface area contributed by atoms with E-state index in [1.54, 1.807) is 0 Å². The summed E-state index contributed by atoms with van der Waals surface area (Å²) in [6, 6.07) is 9.85. The minimum atomic E-state index is 0.0392. The number of nitrogens with two attached hydrogens (primary N) is 1. The van der Waals surface area contributed by atoms with Crippen molar-refractivity contribution >= 4 is 11.6 Å². The van der Waals surface area contributed by atoms with Gasteiger partial charge in [-0.05, 0) is 63.4 Å². The van der Waals surface area contributed by atoms with Crippen molar-refractivity contribution in [2.75, 3.05) is 11.9 Å². The second-order valence-corrected chi connectivity index (χ2v) is 6.41. The summed E-state index contributed by atoms with van der Waals surface area (Å²) < 4.78 is 1.89. The number of benzene rings is 1. The molecule has 1 aromatic heterocycles. The Bertz CT molecular complexity index is 707. The van der Waals surface area contributed by atoms with E-state index in [9.17, 15) is 4.79 Å². The van der Waals surface area contributed by atoms with E-state index in [1.807, 2.05) is 48.9 Å². The zero-order valence-corrected chi connectivity index (χ0v) is 13.7. The van der Waals surface area contributed by atoms with Crippen molar-refractivity contribution in [1.29, 1.82) is 0 Å². The van der Waals surface area contributed by atoms with E-state index in [-0.39, 0.29) is 11.8 Å². The Morgan fingerprint density at radius 1 is 1.35 bits per heavy atom. The van der Waals surface area contributed by atoms with Crippen LogP contribution in [0, 0.1) is 25.7 Å². The molecule has 0 spiro atoms. The lowest BCUT2D eigenvalue weighted by molar-refractivity contribution is -0.120. The van der Waals surface area contributed by atoms with Crippen molar-refractivity contribution in [1.82, 2.24) is 9.78 Å². The number of nitrogens with one attached hydrogen (secondary N) is 1. The Balaban J connectivity index is 1.78. The van der Waals surface area contributed by atoms with E-state index in [0.717, 1.165) is 42.0 Å². The number of rotatable bonds is 4. The van der Waals surface area contributed by atoms with Crippen LogP contribution in [0.15, 0.2) is 30.3 Å². The average molecular weight is 312 g/mol. The van der Waals surface area contributed by atoms with Crippen LogP contribution in [0.3, 0.4) is 0 Å². The maximum atomic E-state index is 12.5. The Labute approximate surface area is 136 Å². The third-order valence-electron chi connectivity index (χ3n) is 4.67.